The van der Waals surface area contributed by atoms with Crippen LogP contribution in [-0.4, -0.2) is 30.5 Å². The van der Waals surface area contributed by atoms with E-state index in [4.69, 9.17) is 0 Å². The van der Waals surface area contributed by atoms with Gasteiger partial charge in [-0.3, -0.25) is 4.99 Å². The molecule has 2 aromatic carbocycles. The molecule has 98 valence electrons. The first-order valence-corrected chi connectivity index (χ1v) is 6.73. The minimum Gasteiger partial charge on any atom is -0.352 e. The van der Waals surface area contributed by atoms with Crippen LogP contribution in [0.15, 0.2) is 47.5 Å². The number of aliphatic imine (C=N–C) groups is 1. The number of nitrogens with one attached hydrogen (secondary N) is 1. The van der Waals surface area contributed by atoms with Gasteiger partial charge in [-0.1, -0.05) is 36.4 Å². The highest BCUT2D eigenvalue weighted by molar-refractivity contribution is 5.84. The Labute approximate surface area is 114 Å². The van der Waals surface area contributed by atoms with Crippen LogP contribution in [0, 0.1) is 0 Å². The van der Waals surface area contributed by atoms with Crippen molar-refractivity contribution in [2.24, 2.45) is 4.99 Å². The Kier molecular flexibility index (Phi) is 3.11. The first-order valence-electron chi connectivity index (χ1n) is 6.73. The van der Waals surface area contributed by atoms with E-state index >= 15 is 0 Å². The number of rotatable bonds is 2. The lowest BCUT2D eigenvalue weighted by Gasteiger charge is -2.20. The zero-order chi connectivity index (χ0) is 13.2. The number of hydrogen-bond acceptors (Lipinski definition) is 3. The SMILES string of the molecule is CC1CN=C(NCc2ccc3ccccc3c2)N1C. The molecule has 1 atom stereocenters. The van der Waals surface area contributed by atoms with E-state index in [1.807, 2.05) is 0 Å². The van der Waals surface area contributed by atoms with Crippen molar-refractivity contribution in [1.82, 2.24) is 10.2 Å². The zero-order valence-corrected chi connectivity index (χ0v) is 11.4. The molecular weight excluding hydrogens is 234 g/mol. The maximum Gasteiger partial charge on any atom is 0.194 e. The zero-order valence-electron chi connectivity index (χ0n) is 11.4. The van der Waals surface area contributed by atoms with Crippen molar-refractivity contribution in [1.29, 1.82) is 0 Å². The fourth-order valence-electron chi connectivity index (χ4n) is 2.37. The Hall–Kier alpha value is -2.03. The molecule has 1 N–H and O–H groups in total. The lowest BCUT2D eigenvalue weighted by atomic mass is 10.1. The van der Waals surface area contributed by atoms with E-state index in [2.05, 4.69) is 71.6 Å². The van der Waals surface area contributed by atoms with Crippen LogP contribution in [0.3, 0.4) is 0 Å². The Morgan fingerprint density at radius 3 is 2.74 bits per heavy atom. The van der Waals surface area contributed by atoms with Gasteiger partial charge >= 0.3 is 0 Å². The summed E-state index contributed by atoms with van der Waals surface area (Å²) < 4.78 is 0. The molecule has 3 rings (SSSR count). The molecule has 0 fully saturated rings. The molecule has 0 saturated carbocycles. The standard InChI is InChI=1S/C16H19N3/c1-12-10-17-16(19(12)2)18-11-13-7-8-14-5-3-4-6-15(14)9-13/h3-9,12H,10-11H2,1-2H3,(H,17,18). The van der Waals surface area contributed by atoms with Crippen molar-refractivity contribution in [2.45, 2.75) is 19.5 Å². The third-order valence-electron chi connectivity index (χ3n) is 3.77. The van der Waals surface area contributed by atoms with Crippen LogP contribution >= 0.6 is 0 Å². The van der Waals surface area contributed by atoms with E-state index in [9.17, 15) is 0 Å². The van der Waals surface area contributed by atoms with Crippen LogP contribution in [0.5, 0.6) is 0 Å². The molecule has 0 saturated heterocycles. The molecule has 1 unspecified atom stereocenters. The summed E-state index contributed by atoms with van der Waals surface area (Å²) in [6.45, 7) is 3.89. The second kappa shape index (κ2) is 4.92. The Morgan fingerprint density at radius 2 is 2.00 bits per heavy atom. The van der Waals surface area contributed by atoms with E-state index in [0.29, 0.717) is 6.04 Å². The number of guanidine groups is 1. The molecule has 19 heavy (non-hydrogen) atoms. The fraction of sp³-hybridized carbons (Fsp3) is 0.312. The van der Waals surface area contributed by atoms with Crippen LogP contribution in [0.25, 0.3) is 10.8 Å². The van der Waals surface area contributed by atoms with Crippen LogP contribution in [0.1, 0.15) is 12.5 Å². The molecule has 0 spiro atoms. The molecule has 1 heterocycles. The van der Waals surface area contributed by atoms with Gasteiger partial charge in [-0.15, -0.1) is 0 Å². The molecule has 2 aromatic rings. The van der Waals surface area contributed by atoms with Crippen LogP contribution in [-0.2, 0) is 6.54 Å². The lowest BCUT2D eigenvalue weighted by Crippen LogP contribution is -2.39. The second-order valence-corrected chi connectivity index (χ2v) is 5.16. The largest absolute Gasteiger partial charge is 0.352 e. The summed E-state index contributed by atoms with van der Waals surface area (Å²) in [6, 6.07) is 15.5. The van der Waals surface area contributed by atoms with E-state index in [0.717, 1.165) is 19.0 Å². The summed E-state index contributed by atoms with van der Waals surface area (Å²) in [5.41, 5.74) is 1.29. The summed E-state index contributed by atoms with van der Waals surface area (Å²) in [5, 5.41) is 5.99. The molecule has 0 amide bonds. The van der Waals surface area contributed by atoms with Crippen molar-refractivity contribution in [3.05, 3.63) is 48.0 Å². The highest BCUT2D eigenvalue weighted by Crippen LogP contribution is 2.15. The third kappa shape index (κ3) is 2.41. The van der Waals surface area contributed by atoms with Gasteiger partial charge < -0.3 is 10.2 Å². The van der Waals surface area contributed by atoms with Crippen molar-refractivity contribution >= 4 is 16.7 Å². The van der Waals surface area contributed by atoms with Gasteiger partial charge in [-0.2, -0.15) is 0 Å². The van der Waals surface area contributed by atoms with Crippen molar-refractivity contribution in [2.75, 3.05) is 13.6 Å². The Morgan fingerprint density at radius 1 is 1.21 bits per heavy atom. The predicted octanol–water partition coefficient (Wildman–Crippen LogP) is 2.62. The molecule has 3 nitrogen and oxygen atoms in total. The molecule has 1 aliphatic rings. The van der Waals surface area contributed by atoms with Gasteiger partial charge in [0.1, 0.15) is 0 Å². The number of nitrogens with zero attached hydrogens (tertiary/aromatic N) is 2. The van der Waals surface area contributed by atoms with Crippen LogP contribution in [0.4, 0.5) is 0 Å². The summed E-state index contributed by atoms with van der Waals surface area (Å²) in [5.74, 6) is 1.00. The highest BCUT2D eigenvalue weighted by Gasteiger charge is 2.19. The summed E-state index contributed by atoms with van der Waals surface area (Å²) in [7, 11) is 2.09. The number of likely N-dealkylation sites (N-methyl/N-ethyl adjacent to an activating group) is 1. The molecule has 3 heteroatoms. The van der Waals surface area contributed by atoms with Crippen molar-refractivity contribution in [3.8, 4) is 0 Å². The summed E-state index contributed by atoms with van der Waals surface area (Å²) in [4.78, 5) is 6.70. The number of fused-ring (bicyclic) bond motifs is 1. The minimum atomic E-state index is 0.499. The average Bonchev–Trinajstić information content (AvgIpc) is 2.76. The van der Waals surface area contributed by atoms with Gasteiger partial charge in [-0.25, -0.2) is 0 Å². The van der Waals surface area contributed by atoms with Crippen molar-refractivity contribution < 1.29 is 0 Å². The van der Waals surface area contributed by atoms with E-state index < -0.39 is 0 Å². The molecule has 1 aliphatic heterocycles. The topological polar surface area (TPSA) is 27.6 Å². The van der Waals surface area contributed by atoms with Crippen LogP contribution < -0.4 is 5.32 Å². The van der Waals surface area contributed by atoms with Gasteiger partial charge in [0.05, 0.1) is 6.54 Å². The van der Waals surface area contributed by atoms with E-state index in [1.165, 1.54) is 16.3 Å². The number of hydrogen-bond donors (Lipinski definition) is 1. The van der Waals surface area contributed by atoms with E-state index in [1.54, 1.807) is 0 Å². The fourth-order valence-corrected chi connectivity index (χ4v) is 2.37. The molecule has 0 aromatic heterocycles. The normalized spacial score (nSPS) is 18.7. The first-order chi connectivity index (χ1) is 9.24. The van der Waals surface area contributed by atoms with Crippen LogP contribution in [0.2, 0.25) is 0 Å². The third-order valence-corrected chi connectivity index (χ3v) is 3.77. The quantitative estimate of drug-likeness (QED) is 0.891. The van der Waals surface area contributed by atoms with Gasteiger partial charge in [0.2, 0.25) is 0 Å². The first kappa shape index (κ1) is 12.0. The summed E-state index contributed by atoms with van der Waals surface area (Å²) in [6.07, 6.45) is 0. The van der Waals surface area contributed by atoms with Gasteiger partial charge in [0.25, 0.3) is 0 Å². The van der Waals surface area contributed by atoms with Gasteiger partial charge in [0, 0.05) is 19.6 Å². The molecule has 0 bridgehead atoms. The monoisotopic (exact) mass is 253 g/mol. The van der Waals surface area contributed by atoms with E-state index in [-0.39, 0.29) is 0 Å². The van der Waals surface area contributed by atoms with Gasteiger partial charge in [-0.05, 0) is 29.3 Å². The highest BCUT2D eigenvalue weighted by atomic mass is 15.3. The lowest BCUT2D eigenvalue weighted by molar-refractivity contribution is 0.420. The molecule has 0 aliphatic carbocycles. The molecule has 0 radical (unpaired) electrons. The number of benzene rings is 2. The Bertz CT molecular complexity index is 618. The maximum absolute atomic E-state index is 4.51. The molecular formula is C16H19N3. The predicted molar refractivity (Wildman–Crippen MR) is 80.3 cm³/mol. The average molecular weight is 253 g/mol. The second-order valence-electron chi connectivity index (χ2n) is 5.16. The summed E-state index contributed by atoms with van der Waals surface area (Å²) >= 11 is 0. The Balaban J connectivity index is 1.72. The minimum absolute atomic E-state index is 0.499. The maximum atomic E-state index is 4.51. The van der Waals surface area contributed by atoms with Gasteiger partial charge in [0.15, 0.2) is 5.96 Å². The van der Waals surface area contributed by atoms with Crippen molar-refractivity contribution in [3.63, 3.8) is 0 Å². The smallest absolute Gasteiger partial charge is 0.194 e.